The highest BCUT2D eigenvalue weighted by molar-refractivity contribution is 6.30. The normalized spacial score (nSPS) is 10.3. The number of hydrogen-bond acceptors (Lipinski definition) is 3. The van der Waals surface area contributed by atoms with E-state index in [1.807, 2.05) is 13.0 Å². The number of ether oxygens (including phenoxy) is 2. The van der Waals surface area contributed by atoms with Crippen LogP contribution in [0, 0.1) is 6.92 Å². The molecule has 0 fully saturated rings. The maximum Gasteiger partial charge on any atom is 0.254 e. The van der Waals surface area contributed by atoms with Crippen LogP contribution < -0.4 is 9.47 Å². The number of methoxy groups -OCH3 is 2. The van der Waals surface area contributed by atoms with Crippen molar-refractivity contribution in [2.75, 3.05) is 21.3 Å². The molecule has 0 unspecified atom stereocenters. The first-order valence-corrected chi connectivity index (χ1v) is 7.56. The summed E-state index contributed by atoms with van der Waals surface area (Å²) >= 11 is 6.04. The van der Waals surface area contributed by atoms with Gasteiger partial charge in [-0.15, -0.1) is 0 Å². The molecule has 122 valence electrons. The molecule has 0 saturated carbocycles. The van der Waals surface area contributed by atoms with Crippen molar-refractivity contribution in [2.45, 2.75) is 13.5 Å². The predicted molar refractivity (Wildman–Crippen MR) is 91.5 cm³/mol. The van der Waals surface area contributed by atoms with Gasteiger partial charge in [0.25, 0.3) is 5.91 Å². The number of rotatable bonds is 5. The minimum atomic E-state index is -0.0923. The molecule has 4 nitrogen and oxygen atoms in total. The SMILES string of the molecule is COc1cc(C(=O)N(C)Cc2cc(Cl)ccc2OC)ccc1C. The van der Waals surface area contributed by atoms with E-state index in [0.717, 1.165) is 11.1 Å². The number of amides is 1. The zero-order valence-corrected chi connectivity index (χ0v) is 14.5. The Labute approximate surface area is 141 Å². The molecule has 0 saturated heterocycles. The van der Waals surface area contributed by atoms with E-state index in [9.17, 15) is 4.79 Å². The van der Waals surface area contributed by atoms with E-state index in [1.54, 1.807) is 56.5 Å². The van der Waals surface area contributed by atoms with Crippen LogP contribution in [-0.4, -0.2) is 32.1 Å². The molecule has 0 aliphatic heterocycles. The zero-order chi connectivity index (χ0) is 17.0. The standard InChI is InChI=1S/C18H20ClNO3/c1-12-5-6-13(10-17(12)23-4)18(21)20(2)11-14-9-15(19)7-8-16(14)22-3/h5-10H,11H2,1-4H3. The molecular formula is C18H20ClNO3. The number of nitrogens with zero attached hydrogens (tertiary/aromatic N) is 1. The lowest BCUT2D eigenvalue weighted by atomic mass is 10.1. The molecule has 2 aromatic carbocycles. The second-order valence-electron chi connectivity index (χ2n) is 5.30. The fraction of sp³-hybridized carbons (Fsp3) is 0.278. The van der Waals surface area contributed by atoms with Crippen molar-refractivity contribution in [1.29, 1.82) is 0 Å². The summed E-state index contributed by atoms with van der Waals surface area (Å²) < 4.78 is 10.6. The summed E-state index contributed by atoms with van der Waals surface area (Å²) in [7, 11) is 4.94. The van der Waals surface area contributed by atoms with Gasteiger partial charge in [0.15, 0.2) is 0 Å². The van der Waals surface area contributed by atoms with Crippen LogP contribution in [0.1, 0.15) is 21.5 Å². The Bertz CT molecular complexity index is 715. The molecule has 1 amide bonds. The number of aryl methyl sites for hydroxylation is 1. The fourth-order valence-corrected chi connectivity index (χ4v) is 2.57. The monoisotopic (exact) mass is 333 g/mol. The van der Waals surface area contributed by atoms with Crippen LogP contribution in [0.25, 0.3) is 0 Å². The van der Waals surface area contributed by atoms with Crippen molar-refractivity contribution in [2.24, 2.45) is 0 Å². The van der Waals surface area contributed by atoms with E-state index in [1.165, 1.54) is 0 Å². The van der Waals surface area contributed by atoms with Gasteiger partial charge >= 0.3 is 0 Å². The van der Waals surface area contributed by atoms with Gasteiger partial charge in [0, 0.05) is 29.7 Å². The Morgan fingerprint density at radius 2 is 1.78 bits per heavy atom. The van der Waals surface area contributed by atoms with Crippen LogP contribution in [0.4, 0.5) is 0 Å². The molecule has 5 heteroatoms. The predicted octanol–water partition coefficient (Wildman–Crippen LogP) is 3.94. The highest BCUT2D eigenvalue weighted by atomic mass is 35.5. The van der Waals surface area contributed by atoms with E-state index in [4.69, 9.17) is 21.1 Å². The average Bonchev–Trinajstić information content (AvgIpc) is 2.54. The summed E-state index contributed by atoms with van der Waals surface area (Å²) in [5.74, 6) is 1.31. The van der Waals surface area contributed by atoms with Gasteiger partial charge in [0.1, 0.15) is 11.5 Å². The Morgan fingerprint density at radius 1 is 1.09 bits per heavy atom. The van der Waals surface area contributed by atoms with Crippen LogP contribution in [0.15, 0.2) is 36.4 Å². The van der Waals surface area contributed by atoms with Gasteiger partial charge in [-0.05, 0) is 42.8 Å². The maximum absolute atomic E-state index is 12.6. The molecule has 0 N–H and O–H groups in total. The molecule has 2 rings (SSSR count). The van der Waals surface area contributed by atoms with Crippen molar-refractivity contribution in [1.82, 2.24) is 4.90 Å². The molecule has 23 heavy (non-hydrogen) atoms. The van der Waals surface area contributed by atoms with Gasteiger partial charge in [-0.1, -0.05) is 17.7 Å². The third kappa shape index (κ3) is 3.96. The molecular weight excluding hydrogens is 314 g/mol. The van der Waals surface area contributed by atoms with Gasteiger partial charge in [-0.2, -0.15) is 0 Å². The molecule has 2 aromatic rings. The smallest absolute Gasteiger partial charge is 0.254 e. The average molecular weight is 334 g/mol. The molecule has 0 aromatic heterocycles. The van der Waals surface area contributed by atoms with Crippen molar-refractivity contribution < 1.29 is 14.3 Å². The number of benzene rings is 2. The first kappa shape index (κ1) is 17.2. The van der Waals surface area contributed by atoms with Crippen molar-refractivity contribution in [3.63, 3.8) is 0 Å². The Morgan fingerprint density at radius 3 is 2.43 bits per heavy atom. The third-order valence-corrected chi connectivity index (χ3v) is 3.89. The lowest BCUT2D eigenvalue weighted by Crippen LogP contribution is -2.26. The zero-order valence-electron chi connectivity index (χ0n) is 13.7. The van der Waals surface area contributed by atoms with Crippen LogP contribution in [0.5, 0.6) is 11.5 Å². The molecule has 0 atom stereocenters. The molecule has 0 aliphatic rings. The molecule has 0 bridgehead atoms. The number of carbonyl (C=O) groups excluding carboxylic acids is 1. The van der Waals surface area contributed by atoms with Gasteiger partial charge in [0.2, 0.25) is 0 Å². The van der Waals surface area contributed by atoms with E-state index in [0.29, 0.717) is 28.6 Å². The fourth-order valence-electron chi connectivity index (χ4n) is 2.37. The summed E-state index contributed by atoms with van der Waals surface area (Å²) in [5.41, 5.74) is 2.43. The van der Waals surface area contributed by atoms with Gasteiger partial charge in [-0.25, -0.2) is 0 Å². The number of halogens is 1. The maximum atomic E-state index is 12.6. The second kappa shape index (κ2) is 7.38. The first-order chi connectivity index (χ1) is 11.0. The van der Waals surface area contributed by atoms with Crippen molar-refractivity contribution in [3.8, 4) is 11.5 Å². The minimum Gasteiger partial charge on any atom is -0.496 e. The van der Waals surface area contributed by atoms with Crippen LogP contribution in [0.3, 0.4) is 0 Å². The van der Waals surface area contributed by atoms with E-state index >= 15 is 0 Å². The van der Waals surface area contributed by atoms with E-state index < -0.39 is 0 Å². The summed E-state index contributed by atoms with van der Waals surface area (Å²) in [4.78, 5) is 14.2. The summed E-state index contributed by atoms with van der Waals surface area (Å²) in [6, 6.07) is 10.8. The second-order valence-corrected chi connectivity index (χ2v) is 5.74. The molecule has 0 heterocycles. The highest BCUT2D eigenvalue weighted by Crippen LogP contribution is 2.25. The lowest BCUT2D eigenvalue weighted by molar-refractivity contribution is 0.0784. The van der Waals surface area contributed by atoms with Gasteiger partial charge in [-0.3, -0.25) is 4.79 Å². The van der Waals surface area contributed by atoms with E-state index in [-0.39, 0.29) is 5.91 Å². The van der Waals surface area contributed by atoms with Crippen LogP contribution >= 0.6 is 11.6 Å². The van der Waals surface area contributed by atoms with E-state index in [2.05, 4.69) is 0 Å². The van der Waals surface area contributed by atoms with Crippen LogP contribution in [-0.2, 0) is 6.54 Å². The number of carbonyl (C=O) groups is 1. The lowest BCUT2D eigenvalue weighted by Gasteiger charge is -2.19. The van der Waals surface area contributed by atoms with Crippen LogP contribution in [0.2, 0.25) is 5.02 Å². The van der Waals surface area contributed by atoms with Crippen molar-refractivity contribution >= 4 is 17.5 Å². The van der Waals surface area contributed by atoms with Gasteiger partial charge in [0.05, 0.1) is 14.2 Å². The summed E-state index contributed by atoms with van der Waals surface area (Å²) in [6.45, 7) is 2.34. The first-order valence-electron chi connectivity index (χ1n) is 7.18. The molecule has 0 aliphatic carbocycles. The topological polar surface area (TPSA) is 38.8 Å². The summed E-state index contributed by atoms with van der Waals surface area (Å²) in [5, 5.41) is 0.610. The van der Waals surface area contributed by atoms with Gasteiger partial charge < -0.3 is 14.4 Å². The largest absolute Gasteiger partial charge is 0.496 e. The molecule has 0 radical (unpaired) electrons. The minimum absolute atomic E-state index is 0.0923. The Kier molecular flexibility index (Phi) is 5.50. The quantitative estimate of drug-likeness (QED) is 0.832. The number of hydrogen-bond donors (Lipinski definition) is 0. The Balaban J connectivity index is 2.22. The Hall–Kier alpha value is -2.20. The highest BCUT2D eigenvalue weighted by Gasteiger charge is 2.15. The van der Waals surface area contributed by atoms with Crippen molar-refractivity contribution in [3.05, 3.63) is 58.1 Å². The third-order valence-electron chi connectivity index (χ3n) is 3.65. The summed E-state index contributed by atoms with van der Waals surface area (Å²) in [6.07, 6.45) is 0. The molecule has 0 spiro atoms.